The molecular weight excluding hydrogens is 646 g/mol. The predicted molar refractivity (Wildman–Crippen MR) is 188 cm³/mol. The topological polar surface area (TPSA) is 92.8 Å². The summed E-state index contributed by atoms with van der Waals surface area (Å²) in [6.07, 6.45) is -4.41. The smallest absolute Gasteiger partial charge is 0.285 e. The minimum absolute atomic E-state index is 0.104. The summed E-state index contributed by atoms with van der Waals surface area (Å²) in [5.74, 6) is -1.16. The van der Waals surface area contributed by atoms with Crippen LogP contribution < -0.4 is 0 Å². The molecule has 2 amide bonds. The van der Waals surface area contributed by atoms with Crippen molar-refractivity contribution in [2.45, 2.75) is 57.1 Å². The van der Waals surface area contributed by atoms with Crippen molar-refractivity contribution >= 4 is 11.8 Å². The number of carbonyl (C=O) groups is 2. The lowest BCUT2D eigenvalue weighted by molar-refractivity contribution is -0.358. The van der Waals surface area contributed by atoms with Gasteiger partial charge in [-0.2, -0.15) is 0 Å². The first-order valence-corrected chi connectivity index (χ1v) is 17.0. The fraction of sp³-hybridized carbons (Fsp3) is 0.238. The van der Waals surface area contributed by atoms with Gasteiger partial charge in [0, 0.05) is 0 Å². The van der Waals surface area contributed by atoms with Gasteiger partial charge in [0.25, 0.3) is 11.8 Å². The molecule has 9 heteroatoms. The van der Waals surface area contributed by atoms with E-state index >= 15 is 0 Å². The van der Waals surface area contributed by atoms with Crippen LogP contribution in [0.4, 0.5) is 0 Å². The van der Waals surface area contributed by atoms with Crippen molar-refractivity contribution in [2.75, 3.05) is 6.61 Å². The lowest BCUT2D eigenvalue weighted by atomic mass is 9.98. The van der Waals surface area contributed by atoms with Crippen molar-refractivity contribution < 1.29 is 38.1 Å². The molecule has 7 rings (SSSR count). The second-order valence-electron chi connectivity index (χ2n) is 12.4. The maximum atomic E-state index is 13.5. The van der Waals surface area contributed by atoms with Crippen LogP contribution in [0.3, 0.4) is 0 Å². The van der Waals surface area contributed by atoms with E-state index in [0.717, 1.165) is 27.3 Å². The Balaban J connectivity index is 1.22. The Kier molecular flexibility index (Phi) is 11.4. The molecular formula is C42H39NO8. The quantitative estimate of drug-likeness (QED) is 0.110. The van der Waals surface area contributed by atoms with E-state index < -0.39 is 42.5 Å². The number of ether oxygens (including phenoxy) is 5. The summed E-state index contributed by atoms with van der Waals surface area (Å²) < 4.78 is 32.9. The van der Waals surface area contributed by atoms with Crippen LogP contribution in [0.1, 0.15) is 43.0 Å². The van der Waals surface area contributed by atoms with Crippen LogP contribution in [0, 0.1) is 0 Å². The van der Waals surface area contributed by atoms with E-state index in [1.807, 2.05) is 121 Å². The van der Waals surface area contributed by atoms with Crippen LogP contribution in [-0.2, 0) is 54.9 Å². The molecule has 5 aromatic rings. The molecule has 0 aliphatic carbocycles. The van der Waals surface area contributed by atoms with Gasteiger partial charge >= 0.3 is 0 Å². The fourth-order valence-corrected chi connectivity index (χ4v) is 6.20. The highest BCUT2D eigenvalue weighted by atomic mass is 16.8. The number of hydroxylamine groups is 2. The Morgan fingerprint density at radius 3 is 1.33 bits per heavy atom. The summed E-state index contributed by atoms with van der Waals surface area (Å²) in [5, 5.41) is 0.759. The van der Waals surface area contributed by atoms with Gasteiger partial charge in [-0.3, -0.25) is 9.59 Å². The maximum absolute atomic E-state index is 13.5. The minimum atomic E-state index is -1.25. The van der Waals surface area contributed by atoms with Gasteiger partial charge in [-0.05, 0) is 34.4 Å². The highest BCUT2D eigenvalue weighted by Crippen LogP contribution is 2.34. The second-order valence-corrected chi connectivity index (χ2v) is 12.4. The van der Waals surface area contributed by atoms with Crippen molar-refractivity contribution in [2.24, 2.45) is 0 Å². The molecule has 5 aromatic carbocycles. The summed E-state index contributed by atoms with van der Waals surface area (Å²) in [6, 6.07) is 45.8. The lowest BCUT2D eigenvalue weighted by Gasteiger charge is -2.46. The number of amides is 2. The third-order valence-corrected chi connectivity index (χ3v) is 8.81. The molecule has 0 bridgehead atoms. The first-order valence-electron chi connectivity index (χ1n) is 17.0. The van der Waals surface area contributed by atoms with E-state index in [-0.39, 0.29) is 37.6 Å². The first-order chi connectivity index (χ1) is 25.1. The van der Waals surface area contributed by atoms with Crippen LogP contribution >= 0.6 is 0 Å². The van der Waals surface area contributed by atoms with Gasteiger partial charge < -0.3 is 23.7 Å². The van der Waals surface area contributed by atoms with Gasteiger partial charge in [0.1, 0.15) is 24.4 Å². The van der Waals surface area contributed by atoms with E-state index in [2.05, 4.69) is 0 Å². The van der Waals surface area contributed by atoms with Gasteiger partial charge in [-0.25, -0.2) is 4.84 Å². The Hall–Kier alpha value is -5.00. The Bertz CT molecular complexity index is 1820. The number of benzene rings is 5. The molecule has 0 spiro atoms. The number of rotatable bonds is 15. The maximum Gasteiger partial charge on any atom is 0.285 e. The zero-order valence-electron chi connectivity index (χ0n) is 28.0. The van der Waals surface area contributed by atoms with E-state index in [1.54, 1.807) is 24.3 Å². The minimum Gasteiger partial charge on any atom is -0.374 e. The first kappa shape index (κ1) is 34.4. The van der Waals surface area contributed by atoms with Gasteiger partial charge in [0.05, 0.1) is 44.2 Å². The van der Waals surface area contributed by atoms with Crippen molar-refractivity contribution in [1.82, 2.24) is 5.06 Å². The normalized spacial score (nSPS) is 21.5. The summed E-state index contributed by atoms with van der Waals surface area (Å²) in [5.41, 5.74) is 4.33. The highest BCUT2D eigenvalue weighted by molar-refractivity contribution is 6.20. The van der Waals surface area contributed by atoms with Crippen molar-refractivity contribution in [3.05, 3.63) is 179 Å². The Morgan fingerprint density at radius 1 is 0.471 bits per heavy atom. The largest absolute Gasteiger partial charge is 0.374 e. The molecule has 51 heavy (non-hydrogen) atoms. The molecule has 2 aliphatic heterocycles. The number of carbonyl (C=O) groups excluding carboxylic acids is 2. The van der Waals surface area contributed by atoms with E-state index in [4.69, 9.17) is 28.5 Å². The molecule has 2 aliphatic rings. The zero-order valence-corrected chi connectivity index (χ0v) is 28.0. The fourth-order valence-electron chi connectivity index (χ4n) is 6.20. The van der Waals surface area contributed by atoms with Gasteiger partial charge in [-0.1, -0.05) is 133 Å². The van der Waals surface area contributed by atoms with E-state index in [0.29, 0.717) is 6.61 Å². The Morgan fingerprint density at radius 2 is 0.863 bits per heavy atom. The standard InChI is InChI=1S/C42H39NO8/c44-40-34-23-13-14-24-35(34)41(45)43(40)51-42-39(49-28-33-21-11-4-12-22-33)38(48-27-32-19-9-3-10-20-32)37(47-26-31-17-7-2-8-18-31)36(50-42)29-46-25-30-15-5-1-6-16-30/h1-24,36-39,42H,25-29H2/t36-,37+,38+,39-,42+/m1/s1. The zero-order chi connectivity index (χ0) is 34.8. The molecule has 0 aromatic heterocycles. The molecule has 0 N–H and O–H groups in total. The van der Waals surface area contributed by atoms with Crippen molar-refractivity contribution in [1.29, 1.82) is 0 Å². The van der Waals surface area contributed by atoms with E-state index in [9.17, 15) is 9.59 Å². The molecule has 1 saturated heterocycles. The number of hydrogen-bond acceptors (Lipinski definition) is 8. The number of hydrogen-bond donors (Lipinski definition) is 0. The van der Waals surface area contributed by atoms with Crippen LogP contribution in [0.5, 0.6) is 0 Å². The van der Waals surface area contributed by atoms with Crippen molar-refractivity contribution in [3.63, 3.8) is 0 Å². The van der Waals surface area contributed by atoms with Crippen molar-refractivity contribution in [3.8, 4) is 0 Å². The molecule has 9 nitrogen and oxygen atoms in total. The third kappa shape index (κ3) is 8.49. The van der Waals surface area contributed by atoms with Crippen LogP contribution in [-0.4, -0.2) is 54.2 Å². The molecule has 0 radical (unpaired) electrons. The van der Waals surface area contributed by atoms with Crippen LogP contribution in [0.25, 0.3) is 0 Å². The molecule has 0 unspecified atom stereocenters. The molecule has 2 heterocycles. The SMILES string of the molecule is O=C1c2ccccc2C(=O)N1O[C@@H]1O[C@H](COCc2ccccc2)[C@H](OCc2ccccc2)[C@H](OCc2ccccc2)[C@H]1OCc1ccccc1. The monoisotopic (exact) mass is 685 g/mol. The lowest BCUT2D eigenvalue weighted by Crippen LogP contribution is -2.62. The van der Waals surface area contributed by atoms with Gasteiger partial charge in [-0.15, -0.1) is 5.06 Å². The van der Waals surface area contributed by atoms with Gasteiger partial charge in [0.2, 0.25) is 6.29 Å². The average molecular weight is 686 g/mol. The van der Waals surface area contributed by atoms with Gasteiger partial charge in [0.15, 0.2) is 0 Å². The van der Waals surface area contributed by atoms with Crippen LogP contribution in [0.15, 0.2) is 146 Å². The summed E-state index contributed by atoms with van der Waals surface area (Å²) in [7, 11) is 0. The number of imide groups is 1. The molecule has 1 fully saturated rings. The molecule has 0 saturated carbocycles. The second kappa shape index (κ2) is 16.8. The molecule has 260 valence electrons. The van der Waals surface area contributed by atoms with Crippen LogP contribution in [0.2, 0.25) is 0 Å². The summed E-state index contributed by atoms with van der Waals surface area (Å²) in [4.78, 5) is 33.2. The summed E-state index contributed by atoms with van der Waals surface area (Å²) in [6.45, 7) is 1.12. The number of fused-ring (bicyclic) bond motifs is 1. The molecule has 5 atom stereocenters. The highest BCUT2D eigenvalue weighted by Gasteiger charge is 2.51. The number of nitrogens with zero attached hydrogens (tertiary/aromatic N) is 1. The Labute approximate surface area is 297 Å². The average Bonchev–Trinajstić information content (AvgIpc) is 3.42. The third-order valence-electron chi connectivity index (χ3n) is 8.81. The predicted octanol–water partition coefficient (Wildman–Crippen LogP) is 6.91. The summed E-state index contributed by atoms with van der Waals surface area (Å²) >= 11 is 0. The van der Waals surface area contributed by atoms with E-state index in [1.165, 1.54) is 0 Å².